The molecule has 110 valence electrons. The van der Waals surface area contributed by atoms with Crippen LogP contribution in [0.3, 0.4) is 0 Å². The van der Waals surface area contributed by atoms with Gasteiger partial charge in [0.05, 0.1) is 5.25 Å². The Morgan fingerprint density at radius 2 is 2.15 bits per heavy atom. The Kier molecular flexibility index (Phi) is 3.96. The average molecular weight is 299 g/mol. The number of hydrogen-bond donors (Lipinski definition) is 2. The van der Waals surface area contributed by atoms with Crippen molar-refractivity contribution in [1.29, 1.82) is 0 Å². The van der Waals surface area contributed by atoms with Crippen LogP contribution >= 0.6 is 0 Å². The molecule has 1 aliphatic heterocycles. The van der Waals surface area contributed by atoms with Crippen LogP contribution in [-0.2, 0) is 10.0 Å². The van der Waals surface area contributed by atoms with Crippen LogP contribution in [0, 0.1) is 6.92 Å². The standard InChI is InChI=1S/C12H17N3O4S/c1-8-4-5-10(11(16)14-8)12(17)15-6-2-3-9(7-15)20(13,18)19/h4-5,9H,2-3,6-7H2,1H3,(H,14,16)(H2,13,18,19). The summed E-state index contributed by atoms with van der Waals surface area (Å²) < 4.78 is 22.7. The molecule has 0 aliphatic carbocycles. The Morgan fingerprint density at radius 1 is 1.45 bits per heavy atom. The predicted octanol–water partition coefficient (Wildman–Crippen LogP) is -0.424. The molecule has 1 aliphatic rings. The fourth-order valence-corrected chi connectivity index (χ4v) is 3.18. The highest BCUT2D eigenvalue weighted by atomic mass is 32.2. The lowest BCUT2D eigenvalue weighted by Gasteiger charge is -2.31. The van der Waals surface area contributed by atoms with Crippen molar-refractivity contribution in [2.75, 3.05) is 13.1 Å². The molecule has 0 radical (unpaired) electrons. The van der Waals surface area contributed by atoms with E-state index in [1.165, 1.54) is 11.0 Å². The molecule has 7 nitrogen and oxygen atoms in total. The Hall–Kier alpha value is -1.67. The number of pyridine rings is 1. The largest absolute Gasteiger partial charge is 0.337 e. The normalized spacial score (nSPS) is 19.9. The maximum Gasteiger partial charge on any atom is 0.260 e. The molecule has 1 saturated heterocycles. The Morgan fingerprint density at radius 3 is 2.75 bits per heavy atom. The van der Waals surface area contributed by atoms with Crippen LogP contribution in [0.1, 0.15) is 28.9 Å². The van der Waals surface area contributed by atoms with E-state index in [1.54, 1.807) is 13.0 Å². The highest BCUT2D eigenvalue weighted by Crippen LogP contribution is 2.16. The lowest BCUT2D eigenvalue weighted by molar-refractivity contribution is 0.0725. The molecule has 3 N–H and O–H groups in total. The number of amides is 1. The van der Waals surface area contributed by atoms with Crippen molar-refractivity contribution in [3.8, 4) is 0 Å². The molecule has 1 atom stereocenters. The van der Waals surface area contributed by atoms with Gasteiger partial charge >= 0.3 is 0 Å². The van der Waals surface area contributed by atoms with Gasteiger partial charge in [0.15, 0.2) is 0 Å². The summed E-state index contributed by atoms with van der Waals surface area (Å²) in [5.41, 5.74) is 0.214. The molecule has 0 bridgehead atoms. The number of nitrogens with zero attached hydrogens (tertiary/aromatic N) is 1. The molecule has 2 heterocycles. The van der Waals surface area contributed by atoms with E-state index in [1.807, 2.05) is 0 Å². The van der Waals surface area contributed by atoms with Gasteiger partial charge in [-0.05, 0) is 31.9 Å². The zero-order valence-electron chi connectivity index (χ0n) is 11.1. The van der Waals surface area contributed by atoms with Gasteiger partial charge in [-0.15, -0.1) is 0 Å². The molecular weight excluding hydrogens is 282 g/mol. The minimum absolute atomic E-state index is 0.0191. The summed E-state index contributed by atoms with van der Waals surface area (Å²) in [6.45, 7) is 2.18. The SMILES string of the molecule is Cc1ccc(C(=O)N2CCCC(S(N)(=O)=O)C2)c(=O)[nH]1. The van der Waals surface area contributed by atoms with Crippen molar-refractivity contribution in [3.63, 3.8) is 0 Å². The number of carbonyl (C=O) groups excluding carboxylic acids is 1. The van der Waals surface area contributed by atoms with Crippen LogP contribution in [0.15, 0.2) is 16.9 Å². The second-order valence-corrected chi connectivity index (χ2v) is 6.83. The molecule has 0 aromatic carbocycles. The maximum absolute atomic E-state index is 12.3. The molecule has 0 spiro atoms. The number of piperidine rings is 1. The number of carbonyl (C=O) groups is 1. The number of aromatic amines is 1. The number of hydrogen-bond acceptors (Lipinski definition) is 4. The summed E-state index contributed by atoms with van der Waals surface area (Å²) in [5, 5.41) is 4.37. The molecule has 8 heteroatoms. The molecule has 1 fully saturated rings. The van der Waals surface area contributed by atoms with Gasteiger partial charge in [0.2, 0.25) is 10.0 Å². The van der Waals surface area contributed by atoms with Crippen molar-refractivity contribution in [2.45, 2.75) is 25.0 Å². The van der Waals surface area contributed by atoms with E-state index in [9.17, 15) is 18.0 Å². The first-order valence-corrected chi connectivity index (χ1v) is 7.91. The number of aromatic nitrogens is 1. The number of H-pyrrole nitrogens is 1. The summed E-state index contributed by atoms with van der Waals surface area (Å²) in [5.74, 6) is -0.459. The van der Waals surface area contributed by atoms with Gasteiger partial charge in [-0.1, -0.05) is 0 Å². The number of aryl methyl sites for hydroxylation is 1. The summed E-state index contributed by atoms with van der Waals surface area (Å²) in [7, 11) is -3.67. The maximum atomic E-state index is 12.3. The van der Waals surface area contributed by atoms with Crippen molar-refractivity contribution >= 4 is 15.9 Å². The van der Waals surface area contributed by atoms with E-state index in [4.69, 9.17) is 5.14 Å². The zero-order chi connectivity index (χ0) is 14.9. The number of likely N-dealkylation sites (tertiary alicyclic amines) is 1. The van der Waals surface area contributed by atoms with Gasteiger partial charge in [0.25, 0.3) is 11.5 Å². The van der Waals surface area contributed by atoms with Crippen molar-refractivity contribution in [2.24, 2.45) is 5.14 Å². The van der Waals surface area contributed by atoms with Crippen LogP contribution < -0.4 is 10.7 Å². The minimum atomic E-state index is -3.67. The molecule has 0 saturated carbocycles. The first-order valence-electron chi connectivity index (χ1n) is 6.30. The van der Waals surface area contributed by atoms with E-state index in [0.717, 1.165) is 0 Å². The fourth-order valence-electron chi connectivity index (χ4n) is 2.30. The fraction of sp³-hybridized carbons (Fsp3) is 0.500. The van der Waals surface area contributed by atoms with E-state index in [0.29, 0.717) is 25.1 Å². The summed E-state index contributed by atoms with van der Waals surface area (Å²) in [6, 6.07) is 3.09. The van der Waals surface area contributed by atoms with Crippen LogP contribution in [0.4, 0.5) is 0 Å². The Balaban J connectivity index is 2.23. The molecule has 1 aromatic heterocycles. The summed E-state index contributed by atoms with van der Waals surface area (Å²) in [6.07, 6.45) is 0.990. The molecule has 1 aromatic rings. The third kappa shape index (κ3) is 3.07. The molecule has 1 amide bonds. The molecule has 20 heavy (non-hydrogen) atoms. The first kappa shape index (κ1) is 14.7. The van der Waals surface area contributed by atoms with Crippen LogP contribution in [-0.4, -0.2) is 42.5 Å². The summed E-state index contributed by atoms with van der Waals surface area (Å²) in [4.78, 5) is 28.0. The summed E-state index contributed by atoms with van der Waals surface area (Å²) >= 11 is 0. The van der Waals surface area contributed by atoms with E-state index >= 15 is 0 Å². The minimum Gasteiger partial charge on any atom is -0.337 e. The van der Waals surface area contributed by atoms with Gasteiger partial charge in [-0.3, -0.25) is 9.59 Å². The number of nitrogens with one attached hydrogen (secondary N) is 1. The predicted molar refractivity (Wildman–Crippen MR) is 73.8 cm³/mol. The first-order chi connectivity index (χ1) is 9.29. The highest BCUT2D eigenvalue weighted by Gasteiger charge is 2.31. The van der Waals surface area contributed by atoms with Crippen LogP contribution in [0.2, 0.25) is 0 Å². The number of nitrogens with two attached hydrogens (primary N) is 1. The third-order valence-corrected chi connectivity index (χ3v) is 4.73. The highest BCUT2D eigenvalue weighted by molar-refractivity contribution is 7.89. The van der Waals surface area contributed by atoms with Crippen molar-refractivity contribution in [1.82, 2.24) is 9.88 Å². The van der Waals surface area contributed by atoms with E-state index in [-0.39, 0.29) is 12.1 Å². The quantitative estimate of drug-likeness (QED) is 0.771. The second-order valence-electron chi connectivity index (χ2n) is 4.99. The van der Waals surface area contributed by atoms with Gasteiger partial charge in [0.1, 0.15) is 5.56 Å². The number of rotatable bonds is 2. The second kappa shape index (κ2) is 5.37. The zero-order valence-corrected chi connectivity index (χ0v) is 11.9. The lowest BCUT2D eigenvalue weighted by Crippen LogP contribution is -2.48. The van der Waals surface area contributed by atoms with Crippen LogP contribution in [0.5, 0.6) is 0 Å². The topological polar surface area (TPSA) is 113 Å². The average Bonchev–Trinajstić information content (AvgIpc) is 2.37. The van der Waals surface area contributed by atoms with Gasteiger partial charge in [0, 0.05) is 18.8 Å². The number of primary sulfonamides is 1. The van der Waals surface area contributed by atoms with Crippen LogP contribution in [0.25, 0.3) is 0 Å². The molecule has 1 unspecified atom stereocenters. The monoisotopic (exact) mass is 299 g/mol. The van der Waals surface area contributed by atoms with Crippen molar-refractivity contribution < 1.29 is 13.2 Å². The van der Waals surface area contributed by atoms with E-state index < -0.39 is 26.7 Å². The van der Waals surface area contributed by atoms with E-state index in [2.05, 4.69) is 4.98 Å². The third-order valence-electron chi connectivity index (χ3n) is 3.42. The van der Waals surface area contributed by atoms with Gasteiger partial charge < -0.3 is 9.88 Å². The molecule has 2 rings (SSSR count). The Labute approximate surface area is 116 Å². The van der Waals surface area contributed by atoms with Crippen molar-refractivity contribution in [3.05, 3.63) is 33.7 Å². The number of sulfonamides is 1. The molecular formula is C12H17N3O4S. The lowest BCUT2D eigenvalue weighted by atomic mass is 10.1. The smallest absolute Gasteiger partial charge is 0.260 e. The van der Waals surface area contributed by atoms with Gasteiger partial charge in [-0.25, -0.2) is 13.6 Å². The van der Waals surface area contributed by atoms with Gasteiger partial charge in [-0.2, -0.15) is 0 Å². The Bertz CT molecular complexity index is 680.